The highest BCUT2D eigenvalue weighted by molar-refractivity contribution is 5.85. The molecule has 1 aliphatic carbocycles. The van der Waals surface area contributed by atoms with Crippen LogP contribution < -0.4 is 5.32 Å². The first-order valence-electron chi connectivity index (χ1n) is 6.78. The molecule has 1 aliphatic heterocycles. The lowest BCUT2D eigenvalue weighted by molar-refractivity contribution is -0.146. The smallest absolute Gasteiger partial charge is 0.307 e. The lowest BCUT2D eigenvalue weighted by Crippen LogP contribution is -2.49. The molecule has 1 saturated heterocycles. The van der Waals surface area contributed by atoms with Gasteiger partial charge in [0.1, 0.15) is 5.60 Å². The Balaban J connectivity index is 1.89. The van der Waals surface area contributed by atoms with Gasteiger partial charge in [0.2, 0.25) is 5.91 Å². The molecule has 2 unspecified atom stereocenters. The van der Waals surface area contributed by atoms with E-state index in [0.29, 0.717) is 25.9 Å². The quantitative estimate of drug-likeness (QED) is 0.676. The van der Waals surface area contributed by atoms with Gasteiger partial charge in [-0.1, -0.05) is 6.42 Å². The van der Waals surface area contributed by atoms with Crippen molar-refractivity contribution in [2.24, 2.45) is 11.8 Å². The predicted octanol–water partition coefficient (Wildman–Crippen LogP) is 0.143. The van der Waals surface area contributed by atoms with Gasteiger partial charge in [-0.05, 0) is 19.8 Å². The van der Waals surface area contributed by atoms with Gasteiger partial charge < -0.3 is 20.3 Å². The molecule has 4 atom stereocenters. The van der Waals surface area contributed by atoms with Gasteiger partial charge in [0.25, 0.3) is 0 Å². The molecule has 108 valence electrons. The maximum Gasteiger partial charge on any atom is 0.307 e. The molecule has 1 heterocycles. The van der Waals surface area contributed by atoms with Crippen LogP contribution in [0.5, 0.6) is 0 Å². The Labute approximate surface area is 112 Å². The summed E-state index contributed by atoms with van der Waals surface area (Å²) >= 11 is 0. The molecule has 0 aromatic heterocycles. The highest BCUT2D eigenvalue weighted by Gasteiger charge is 2.42. The van der Waals surface area contributed by atoms with Gasteiger partial charge in [-0.15, -0.1) is 0 Å². The fourth-order valence-electron chi connectivity index (χ4n) is 2.94. The lowest BCUT2D eigenvalue weighted by atomic mass is 9.93. The number of hydrogen-bond acceptors (Lipinski definition) is 4. The number of carbonyl (C=O) groups excluding carboxylic acids is 1. The summed E-state index contributed by atoms with van der Waals surface area (Å²) in [6.07, 6.45) is 2.09. The highest BCUT2D eigenvalue weighted by Crippen LogP contribution is 2.32. The Morgan fingerprint density at radius 1 is 1.37 bits per heavy atom. The lowest BCUT2D eigenvalue weighted by Gasteiger charge is -2.27. The van der Waals surface area contributed by atoms with E-state index in [2.05, 4.69) is 5.32 Å². The molecule has 0 aromatic carbocycles. The van der Waals surface area contributed by atoms with Gasteiger partial charge >= 0.3 is 5.97 Å². The fourth-order valence-corrected chi connectivity index (χ4v) is 2.94. The molecule has 3 N–H and O–H groups in total. The normalized spacial score (nSPS) is 38.3. The SMILES string of the molecule is CC1OCCC1(O)CNC(=O)[C@@H]1CCC[C@@H]1C(=O)O. The van der Waals surface area contributed by atoms with Crippen molar-refractivity contribution in [1.82, 2.24) is 5.32 Å². The zero-order valence-electron chi connectivity index (χ0n) is 11.1. The first-order chi connectivity index (χ1) is 8.94. The van der Waals surface area contributed by atoms with Crippen molar-refractivity contribution < 1.29 is 24.5 Å². The average Bonchev–Trinajstić information content (AvgIpc) is 2.95. The van der Waals surface area contributed by atoms with Crippen molar-refractivity contribution in [3.05, 3.63) is 0 Å². The van der Waals surface area contributed by atoms with E-state index in [1.54, 1.807) is 6.92 Å². The van der Waals surface area contributed by atoms with Crippen molar-refractivity contribution in [1.29, 1.82) is 0 Å². The van der Waals surface area contributed by atoms with E-state index in [1.165, 1.54) is 0 Å². The molecule has 1 saturated carbocycles. The topological polar surface area (TPSA) is 95.9 Å². The molecule has 2 rings (SSSR count). The summed E-state index contributed by atoms with van der Waals surface area (Å²) in [4.78, 5) is 23.1. The number of ether oxygens (including phenoxy) is 1. The highest BCUT2D eigenvalue weighted by atomic mass is 16.5. The number of carbonyl (C=O) groups is 2. The molecule has 0 bridgehead atoms. The maximum absolute atomic E-state index is 12.0. The van der Waals surface area contributed by atoms with Crippen LogP contribution in [0.2, 0.25) is 0 Å². The van der Waals surface area contributed by atoms with Crippen molar-refractivity contribution in [3.63, 3.8) is 0 Å². The number of aliphatic hydroxyl groups is 1. The first kappa shape index (κ1) is 14.3. The molecule has 19 heavy (non-hydrogen) atoms. The van der Waals surface area contributed by atoms with E-state index in [4.69, 9.17) is 9.84 Å². The summed E-state index contributed by atoms with van der Waals surface area (Å²) in [5, 5.41) is 22.0. The summed E-state index contributed by atoms with van der Waals surface area (Å²) < 4.78 is 5.29. The number of rotatable bonds is 4. The van der Waals surface area contributed by atoms with Crippen LogP contribution >= 0.6 is 0 Å². The van der Waals surface area contributed by atoms with Crippen LogP contribution in [0, 0.1) is 11.8 Å². The summed E-state index contributed by atoms with van der Waals surface area (Å²) in [5.74, 6) is -2.24. The average molecular weight is 271 g/mol. The molecule has 6 nitrogen and oxygen atoms in total. The van der Waals surface area contributed by atoms with Gasteiger partial charge in [-0.25, -0.2) is 0 Å². The number of carboxylic acid groups (broad SMARTS) is 1. The van der Waals surface area contributed by atoms with Crippen LogP contribution in [0.3, 0.4) is 0 Å². The molecule has 0 aromatic rings. The van der Waals surface area contributed by atoms with Gasteiger partial charge in [-0.2, -0.15) is 0 Å². The summed E-state index contributed by atoms with van der Waals surface area (Å²) in [6.45, 7) is 2.37. The molecule has 2 fully saturated rings. The van der Waals surface area contributed by atoms with Gasteiger partial charge in [0.05, 0.1) is 17.9 Å². The second kappa shape index (κ2) is 5.46. The maximum atomic E-state index is 12.0. The third-order valence-corrected chi connectivity index (χ3v) is 4.40. The third-order valence-electron chi connectivity index (χ3n) is 4.40. The van der Waals surface area contributed by atoms with Gasteiger partial charge in [0, 0.05) is 19.6 Å². The molecule has 6 heteroatoms. The predicted molar refractivity (Wildman–Crippen MR) is 66.5 cm³/mol. The van der Waals surface area contributed by atoms with Gasteiger partial charge in [0.15, 0.2) is 0 Å². The van der Waals surface area contributed by atoms with E-state index >= 15 is 0 Å². The van der Waals surface area contributed by atoms with E-state index in [9.17, 15) is 14.7 Å². The molecule has 2 aliphatic rings. The minimum absolute atomic E-state index is 0.121. The number of amides is 1. The van der Waals surface area contributed by atoms with Crippen molar-refractivity contribution in [3.8, 4) is 0 Å². The van der Waals surface area contributed by atoms with Crippen molar-refractivity contribution in [2.45, 2.75) is 44.3 Å². The first-order valence-corrected chi connectivity index (χ1v) is 6.78. The molecule has 0 spiro atoms. The van der Waals surface area contributed by atoms with Gasteiger partial charge in [-0.3, -0.25) is 9.59 Å². The van der Waals surface area contributed by atoms with Crippen molar-refractivity contribution in [2.75, 3.05) is 13.2 Å². The molecular formula is C13H21NO5. The fraction of sp³-hybridized carbons (Fsp3) is 0.846. The minimum atomic E-state index is -1.03. The Bertz CT molecular complexity index is 372. The third kappa shape index (κ3) is 2.90. The molecule has 0 radical (unpaired) electrons. The number of aliphatic carboxylic acids is 1. The second-order valence-corrected chi connectivity index (χ2v) is 5.57. The van der Waals surface area contributed by atoms with Crippen LogP contribution in [0.4, 0.5) is 0 Å². The van der Waals surface area contributed by atoms with Crippen LogP contribution in [0.25, 0.3) is 0 Å². The summed E-state index contributed by atoms with van der Waals surface area (Å²) in [7, 11) is 0. The Morgan fingerprint density at radius 3 is 2.63 bits per heavy atom. The zero-order valence-corrected chi connectivity index (χ0v) is 11.1. The monoisotopic (exact) mass is 271 g/mol. The van der Waals surface area contributed by atoms with Crippen LogP contribution in [0.15, 0.2) is 0 Å². The van der Waals surface area contributed by atoms with Crippen LogP contribution in [-0.2, 0) is 14.3 Å². The molecule has 1 amide bonds. The van der Waals surface area contributed by atoms with Crippen LogP contribution in [-0.4, -0.2) is 46.9 Å². The standard InChI is InChI=1S/C13H21NO5/c1-8-13(18,5-6-19-8)7-14-11(15)9-3-2-4-10(9)12(16)17/h8-10,18H,2-7H2,1H3,(H,14,15)(H,16,17)/t8?,9-,10+,13?/m1/s1. The Hall–Kier alpha value is -1.14. The van der Waals surface area contributed by atoms with E-state index in [1.807, 2.05) is 0 Å². The minimum Gasteiger partial charge on any atom is -0.481 e. The van der Waals surface area contributed by atoms with Crippen molar-refractivity contribution >= 4 is 11.9 Å². The zero-order chi connectivity index (χ0) is 14.0. The molecular weight excluding hydrogens is 250 g/mol. The Kier molecular flexibility index (Phi) is 4.10. The second-order valence-electron chi connectivity index (χ2n) is 5.57. The van der Waals surface area contributed by atoms with Crippen LogP contribution in [0.1, 0.15) is 32.6 Å². The number of nitrogens with one attached hydrogen (secondary N) is 1. The largest absolute Gasteiger partial charge is 0.481 e. The Morgan fingerprint density at radius 2 is 2.05 bits per heavy atom. The van der Waals surface area contributed by atoms with E-state index < -0.39 is 23.4 Å². The summed E-state index contributed by atoms with van der Waals surface area (Å²) in [6, 6.07) is 0. The number of hydrogen-bond donors (Lipinski definition) is 3. The number of carboxylic acids is 1. The van der Waals surface area contributed by atoms with E-state index in [-0.39, 0.29) is 18.6 Å². The summed E-state index contributed by atoms with van der Waals surface area (Å²) in [5.41, 5.74) is -1.03. The van der Waals surface area contributed by atoms with E-state index in [0.717, 1.165) is 6.42 Å².